The van der Waals surface area contributed by atoms with Crippen LogP contribution in [0.5, 0.6) is 11.5 Å². The SMILES string of the molecule is NS(=O)(=O)Oc1cc(O)cc2oc(-c3ccccc3)cc(=O)c12. The molecule has 8 heteroatoms. The molecule has 3 rings (SSSR count). The average molecular weight is 333 g/mol. The van der Waals surface area contributed by atoms with Gasteiger partial charge in [-0.25, -0.2) is 0 Å². The Morgan fingerprint density at radius 2 is 1.78 bits per heavy atom. The van der Waals surface area contributed by atoms with Crippen molar-refractivity contribution >= 4 is 21.3 Å². The maximum atomic E-state index is 12.3. The molecule has 0 saturated heterocycles. The van der Waals surface area contributed by atoms with Gasteiger partial charge in [0.05, 0.1) is 0 Å². The summed E-state index contributed by atoms with van der Waals surface area (Å²) in [6.07, 6.45) is 0. The molecular weight excluding hydrogens is 322 g/mol. The highest BCUT2D eigenvalue weighted by atomic mass is 32.2. The van der Waals surface area contributed by atoms with E-state index in [0.717, 1.165) is 6.07 Å². The van der Waals surface area contributed by atoms with Crippen molar-refractivity contribution in [3.8, 4) is 22.8 Å². The molecule has 23 heavy (non-hydrogen) atoms. The highest BCUT2D eigenvalue weighted by Gasteiger charge is 2.16. The summed E-state index contributed by atoms with van der Waals surface area (Å²) in [6, 6.07) is 12.2. The molecule has 7 nitrogen and oxygen atoms in total. The smallest absolute Gasteiger partial charge is 0.380 e. The second kappa shape index (κ2) is 5.41. The highest BCUT2D eigenvalue weighted by molar-refractivity contribution is 7.84. The van der Waals surface area contributed by atoms with E-state index in [9.17, 15) is 18.3 Å². The summed E-state index contributed by atoms with van der Waals surface area (Å²) in [6.45, 7) is 0. The molecule has 0 amide bonds. The highest BCUT2D eigenvalue weighted by Crippen LogP contribution is 2.31. The monoisotopic (exact) mass is 333 g/mol. The van der Waals surface area contributed by atoms with Gasteiger partial charge >= 0.3 is 10.3 Å². The number of phenolic OH excluding ortho intramolecular Hbond substituents is 1. The Balaban J connectivity index is 2.29. The van der Waals surface area contributed by atoms with Crippen LogP contribution in [-0.2, 0) is 10.3 Å². The van der Waals surface area contributed by atoms with Crippen LogP contribution < -0.4 is 14.8 Å². The molecule has 0 aliphatic carbocycles. The molecule has 0 aliphatic rings. The van der Waals surface area contributed by atoms with Crippen molar-refractivity contribution in [2.75, 3.05) is 0 Å². The van der Waals surface area contributed by atoms with Gasteiger partial charge in [0.25, 0.3) is 0 Å². The van der Waals surface area contributed by atoms with Gasteiger partial charge in [-0.3, -0.25) is 4.79 Å². The van der Waals surface area contributed by atoms with Gasteiger partial charge in [0.1, 0.15) is 22.5 Å². The van der Waals surface area contributed by atoms with Crippen LogP contribution in [0.3, 0.4) is 0 Å². The van der Waals surface area contributed by atoms with Crippen molar-refractivity contribution in [1.82, 2.24) is 0 Å². The Morgan fingerprint density at radius 3 is 2.43 bits per heavy atom. The van der Waals surface area contributed by atoms with Gasteiger partial charge in [0, 0.05) is 23.8 Å². The maximum absolute atomic E-state index is 12.3. The van der Waals surface area contributed by atoms with Gasteiger partial charge in [-0.1, -0.05) is 30.3 Å². The van der Waals surface area contributed by atoms with E-state index < -0.39 is 21.5 Å². The quantitative estimate of drug-likeness (QED) is 0.753. The summed E-state index contributed by atoms with van der Waals surface area (Å²) in [4.78, 5) is 12.3. The minimum absolute atomic E-state index is 0.0185. The first kappa shape index (κ1) is 15.1. The van der Waals surface area contributed by atoms with Crippen LogP contribution in [0.1, 0.15) is 0 Å². The summed E-state index contributed by atoms with van der Waals surface area (Å²) in [5.41, 5.74) is 0.113. The minimum Gasteiger partial charge on any atom is -0.508 e. The molecule has 0 atom stereocenters. The van der Waals surface area contributed by atoms with Crippen molar-refractivity contribution in [2.45, 2.75) is 0 Å². The lowest BCUT2D eigenvalue weighted by molar-refractivity contribution is 0.464. The van der Waals surface area contributed by atoms with Crippen molar-refractivity contribution in [1.29, 1.82) is 0 Å². The number of rotatable bonds is 3. The minimum atomic E-state index is -4.36. The van der Waals surface area contributed by atoms with E-state index in [0.29, 0.717) is 5.56 Å². The Morgan fingerprint density at radius 1 is 1.09 bits per heavy atom. The van der Waals surface area contributed by atoms with Crippen LogP contribution in [0.25, 0.3) is 22.3 Å². The standard InChI is InChI=1S/C15H11NO6S/c16-23(19,20)22-14-7-10(17)6-13-15(14)11(18)8-12(21-13)9-4-2-1-3-5-9/h1-8,17H,(H2,16,19,20). The zero-order chi connectivity index (χ0) is 16.6. The molecule has 1 aromatic heterocycles. The predicted octanol–water partition coefficient (Wildman–Crippen LogP) is 1.75. The zero-order valence-corrected chi connectivity index (χ0v) is 12.4. The molecule has 0 aliphatic heterocycles. The van der Waals surface area contributed by atoms with Crippen LogP contribution in [0, 0.1) is 0 Å². The topological polar surface area (TPSA) is 120 Å². The second-order valence-electron chi connectivity index (χ2n) is 4.73. The van der Waals surface area contributed by atoms with E-state index in [1.807, 2.05) is 6.07 Å². The van der Waals surface area contributed by atoms with E-state index in [1.54, 1.807) is 24.3 Å². The van der Waals surface area contributed by atoms with Gasteiger partial charge in [0.2, 0.25) is 0 Å². The number of nitrogens with two attached hydrogens (primary N) is 1. The van der Waals surface area contributed by atoms with Crippen LogP contribution in [0.4, 0.5) is 0 Å². The van der Waals surface area contributed by atoms with Gasteiger partial charge < -0.3 is 13.7 Å². The molecule has 0 fully saturated rings. The molecule has 3 N–H and O–H groups in total. The molecule has 1 heterocycles. The molecule has 0 saturated carbocycles. The van der Waals surface area contributed by atoms with E-state index in [4.69, 9.17) is 9.56 Å². The lowest BCUT2D eigenvalue weighted by Crippen LogP contribution is -2.20. The summed E-state index contributed by atoms with van der Waals surface area (Å²) in [5.74, 6) is -0.448. The fraction of sp³-hybridized carbons (Fsp3) is 0. The molecular formula is C15H11NO6S. The molecule has 2 aromatic carbocycles. The fourth-order valence-corrected chi connectivity index (χ4v) is 2.56. The number of fused-ring (bicyclic) bond motifs is 1. The first-order valence-corrected chi connectivity index (χ1v) is 7.89. The lowest BCUT2D eigenvalue weighted by Gasteiger charge is -2.08. The van der Waals surface area contributed by atoms with Crippen LogP contribution in [0.2, 0.25) is 0 Å². The molecule has 0 radical (unpaired) electrons. The van der Waals surface area contributed by atoms with E-state index >= 15 is 0 Å². The Bertz CT molecular complexity index is 1040. The predicted molar refractivity (Wildman–Crippen MR) is 83.3 cm³/mol. The molecule has 0 bridgehead atoms. The third-order valence-corrected chi connectivity index (χ3v) is 3.46. The number of benzene rings is 2. The van der Waals surface area contributed by atoms with Crippen LogP contribution in [-0.4, -0.2) is 13.5 Å². The fourth-order valence-electron chi connectivity index (χ4n) is 2.17. The number of hydrogen-bond acceptors (Lipinski definition) is 6. The number of phenols is 1. The van der Waals surface area contributed by atoms with Gasteiger partial charge in [-0.2, -0.15) is 13.6 Å². The summed E-state index contributed by atoms with van der Waals surface area (Å²) < 4.78 is 32.3. The summed E-state index contributed by atoms with van der Waals surface area (Å²) in [7, 11) is -4.36. The van der Waals surface area contributed by atoms with Gasteiger partial charge in [0.15, 0.2) is 11.2 Å². The van der Waals surface area contributed by atoms with Crippen molar-refractivity contribution in [3.05, 3.63) is 58.8 Å². The zero-order valence-electron chi connectivity index (χ0n) is 11.6. The number of aromatic hydroxyl groups is 1. The van der Waals surface area contributed by atoms with Gasteiger partial charge in [-0.15, -0.1) is 0 Å². The Kier molecular flexibility index (Phi) is 3.55. The summed E-state index contributed by atoms with van der Waals surface area (Å²) in [5, 5.41) is 14.4. The molecule has 3 aromatic rings. The molecule has 0 unspecified atom stereocenters. The van der Waals surface area contributed by atoms with E-state index in [-0.39, 0.29) is 22.5 Å². The van der Waals surface area contributed by atoms with E-state index in [1.165, 1.54) is 12.1 Å². The normalized spacial score (nSPS) is 11.5. The first-order valence-electron chi connectivity index (χ1n) is 6.42. The molecule has 118 valence electrons. The first-order chi connectivity index (χ1) is 10.8. The van der Waals surface area contributed by atoms with Crippen LogP contribution in [0.15, 0.2) is 57.7 Å². The summed E-state index contributed by atoms with van der Waals surface area (Å²) >= 11 is 0. The largest absolute Gasteiger partial charge is 0.508 e. The second-order valence-corrected chi connectivity index (χ2v) is 5.89. The average Bonchev–Trinajstić information content (AvgIpc) is 2.45. The third kappa shape index (κ3) is 3.17. The molecule has 0 spiro atoms. The third-order valence-electron chi connectivity index (χ3n) is 3.04. The Labute approximate surface area is 130 Å². The number of hydrogen-bond donors (Lipinski definition) is 2. The van der Waals surface area contributed by atoms with Crippen molar-refractivity contribution in [2.24, 2.45) is 5.14 Å². The Hall–Kier alpha value is -2.84. The maximum Gasteiger partial charge on any atom is 0.380 e. The van der Waals surface area contributed by atoms with Crippen molar-refractivity contribution < 1.29 is 22.1 Å². The van der Waals surface area contributed by atoms with Gasteiger partial charge in [-0.05, 0) is 0 Å². The van der Waals surface area contributed by atoms with Crippen LogP contribution >= 0.6 is 0 Å². The lowest BCUT2D eigenvalue weighted by atomic mass is 10.1. The van der Waals surface area contributed by atoms with Crippen molar-refractivity contribution in [3.63, 3.8) is 0 Å². The van der Waals surface area contributed by atoms with E-state index in [2.05, 4.69) is 4.18 Å².